The SMILES string of the molecule is CCC(=O)Nc1ccc2c(c1)nc(C(C)C)n2C. The van der Waals surface area contributed by atoms with Crippen molar-refractivity contribution in [1.82, 2.24) is 9.55 Å². The van der Waals surface area contributed by atoms with Crippen LogP contribution in [0.3, 0.4) is 0 Å². The Morgan fingerprint density at radius 1 is 1.44 bits per heavy atom. The fraction of sp³-hybridized carbons (Fsp3) is 0.429. The first-order valence-electron chi connectivity index (χ1n) is 6.29. The van der Waals surface area contributed by atoms with Crippen molar-refractivity contribution in [2.45, 2.75) is 33.1 Å². The van der Waals surface area contributed by atoms with E-state index < -0.39 is 0 Å². The number of carbonyl (C=O) groups excluding carboxylic acids is 1. The summed E-state index contributed by atoms with van der Waals surface area (Å²) in [7, 11) is 2.02. The quantitative estimate of drug-likeness (QED) is 0.903. The number of nitrogens with zero attached hydrogens (tertiary/aromatic N) is 2. The van der Waals surface area contributed by atoms with Crippen LogP contribution in [0.4, 0.5) is 5.69 Å². The number of benzene rings is 1. The van der Waals surface area contributed by atoms with Gasteiger partial charge in [0.2, 0.25) is 5.91 Å². The number of nitrogens with one attached hydrogen (secondary N) is 1. The first kappa shape index (κ1) is 12.6. The first-order chi connectivity index (χ1) is 8.52. The van der Waals surface area contributed by atoms with Gasteiger partial charge in [-0.2, -0.15) is 0 Å². The molecule has 0 atom stereocenters. The van der Waals surface area contributed by atoms with Crippen molar-refractivity contribution in [3.8, 4) is 0 Å². The number of amides is 1. The maximum Gasteiger partial charge on any atom is 0.224 e. The summed E-state index contributed by atoms with van der Waals surface area (Å²) in [6.45, 7) is 6.09. The maximum absolute atomic E-state index is 11.4. The van der Waals surface area contributed by atoms with Gasteiger partial charge in [-0.05, 0) is 18.2 Å². The molecular formula is C14H19N3O. The summed E-state index contributed by atoms with van der Waals surface area (Å²) in [5, 5.41) is 2.85. The van der Waals surface area contributed by atoms with E-state index in [9.17, 15) is 4.79 Å². The topological polar surface area (TPSA) is 46.9 Å². The number of aromatic nitrogens is 2. The molecule has 4 nitrogen and oxygen atoms in total. The predicted molar refractivity (Wildman–Crippen MR) is 73.7 cm³/mol. The standard InChI is InChI=1S/C14H19N3O/c1-5-13(18)15-10-6-7-12-11(8-10)16-14(9(2)3)17(12)4/h6-9H,5H2,1-4H3,(H,15,18). The van der Waals surface area contributed by atoms with Gasteiger partial charge in [-0.3, -0.25) is 4.79 Å². The molecule has 0 aliphatic carbocycles. The third-order valence-electron chi connectivity index (χ3n) is 3.04. The number of hydrogen-bond donors (Lipinski definition) is 1. The molecule has 1 aromatic carbocycles. The molecule has 0 bridgehead atoms. The van der Waals surface area contributed by atoms with Crippen molar-refractivity contribution in [3.05, 3.63) is 24.0 Å². The van der Waals surface area contributed by atoms with E-state index in [-0.39, 0.29) is 5.91 Å². The number of anilines is 1. The van der Waals surface area contributed by atoms with Crippen LogP contribution in [0.1, 0.15) is 38.9 Å². The van der Waals surface area contributed by atoms with Crippen LogP contribution in [0.25, 0.3) is 11.0 Å². The summed E-state index contributed by atoms with van der Waals surface area (Å²) in [5.41, 5.74) is 2.83. The van der Waals surface area contributed by atoms with E-state index in [0.717, 1.165) is 22.5 Å². The highest BCUT2D eigenvalue weighted by Crippen LogP contribution is 2.23. The Balaban J connectivity index is 2.43. The Hall–Kier alpha value is -1.84. The van der Waals surface area contributed by atoms with Gasteiger partial charge in [-0.25, -0.2) is 4.98 Å². The van der Waals surface area contributed by atoms with Crippen molar-refractivity contribution in [1.29, 1.82) is 0 Å². The van der Waals surface area contributed by atoms with Crippen molar-refractivity contribution in [3.63, 3.8) is 0 Å². The van der Waals surface area contributed by atoms with E-state index in [1.807, 2.05) is 32.2 Å². The monoisotopic (exact) mass is 245 g/mol. The largest absolute Gasteiger partial charge is 0.331 e. The lowest BCUT2D eigenvalue weighted by molar-refractivity contribution is -0.115. The highest BCUT2D eigenvalue weighted by Gasteiger charge is 2.11. The fourth-order valence-corrected chi connectivity index (χ4v) is 2.06. The third-order valence-corrected chi connectivity index (χ3v) is 3.04. The number of carbonyl (C=O) groups is 1. The van der Waals surface area contributed by atoms with E-state index in [4.69, 9.17) is 0 Å². The number of aryl methyl sites for hydroxylation is 1. The number of imidazole rings is 1. The van der Waals surface area contributed by atoms with Crippen molar-refractivity contribution in [2.24, 2.45) is 7.05 Å². The third kappa shape index (κ3) is 2.23. The second-order valence-electron chi connectivity index (χ2n) is 4.79. The smallest absolute Gasteiger partial charge is 0.224 e. The molecule has 18 heavy (non-hydrogen) atoms. The van der Waals surface area contributed by atoms with Gasteiger partial charge >= 0.3 is 0 Å². The van der Waals surface area contributed by atoms with E-state index in [1.54, 1.807) is 0 Å². The summed E-state index contributed by atoms with van der Waals surface area (Å²) in [4.78, 5) is 16.0. The van der Waals surface area contributed by atoms with E-state index in [1.165, 1.54) is 0 Å². The second kappa shape index (κ2) is 4.80. The van der Waals surface area contributed by atoms with Gasteiger partial charge < -0.3 is 9.88 Å². The highest BCUT2D eigenvalue weighted by molar-refractivity contribution is 5.92. The Kier molecular flexibility index (Phi) is 3.36. The summed E-state index contributed by atoms with van der Waals surface area (Å²) in [6.07, 6.45) is 0.484. The molecule has 2 rings (SSSR count). The van der Waals surface area contributed by atoms with Crippen LogP contribution in [-0.4, -0.2) is 15.5 Å². The minimum atomic E-state index is 0.0226. The van der Waals surface area contributed by atoms with Crippen LogP contribution in [0, 0.1) is 0 Å². The van der Waals surface area contributed by atoms with Gasteiger partial charge in [0.1, 0.15) is 5.82 Å². The normalized spacial score (nSPS) is 11.2. The predicted octanol–water partition coefficient (Wildman–Crippen LogP) is 3.05. The van der Waals surface area contributed by atoms with E-state index >= 15 is 0 Å². The van der Waals surface area contributed by atoms with Crippen molar-refractivity contribution >= 4 is 22.6 Å². The summed E-state index contributed by atoms with van der Waals surface area (Å²) in [6, 6.07) is 5.84. The number of hydrogen-bond acceptors (Lipinski definition) is 2. The molecule has 1 N–H and O–H groups in total. The minimum Gasteiger partial charge on any atom is -0.331 e. The fourth-order valence-electron chi connectivity index (χ4n) is 2.06. The van der Waals surface area contributed by atoms with Gasteiger partial charge in [0, 0.05) is 25.1 Å². The molecule has 1 amide bonds. The molecule has 0 saturated heterocycles. The molecule has 0 spiro atoms. The molecule has 1 aromatic heterocycles. The molecular weight excluding hydrogens is 226 g/mol. The lowest BCUT2D eigenvalue weighted by Gasteiger charge is -2.05. The average Bonchev–Trinajstić information content (AvgIpc) is 2.66. The second-order valence-corrected chi connectivity index (χ2v) is 4.79. The maximum atomic E-state index is 11.4. The Labute approximate surface area is 107 Å². The Bertz CT molecular complexity index is 584. The first-order valence-corrected chi connectivity index (χ1v) is 6.29. The molecule has 0 saturated carbocycles. The lowest BCUT2D eigenvalue weighted by atomic mass is 10.2. The molecule has 1 heterocycles. The molecule has 0 aliphatic heterocycles. The Morgan fingerprint density at radius 3 is 2.78 bits per heavy atom. The molecule has 4 heteroatoms. The van der Waals surface area contributed by atoms with Gasteiger partial charge in [-0.1, -0.05) is 20.8 Å². The number of rotatable bonds is 3. The summed E-state index contributed by atoms with van der Waals surface area (Å²) >= 11 is 0. The molecule has 0 unspecified atom stereocenters. The van der Waals surface area contributed by atoms with E-state index in [2.05, 4.69) is 28.7 Å². The van der Waals surface area contributed by atoms with Crippen LogP contribution in [-0.2, 0) is 11.8 Å². The van der Waals surface area contributed by atoms with Crippen LogP contribution >= 0.6 is 0 Å². The van der Waals surface area contributed by atoms with Gasteiger partial charge in [0.05, 0.1) is 11.0 Å². The van der Waals surface area contributed by atoms with Crippen LogP contribution < -0.4 is 5.32 Å². The van der Waals surface area contributed by atoms with Gasteiger partial charge in [-0.15, -0.1) is 0 Å². The highest BCUT2D eigenvalue weighted by atomic mass is 16.1. The molecule has 96 valence electrons. The van der Waals surface area contributed by atoms with Crippen LogP contribution in [0.15, 0.2) is 18.2 Å². The molecule has 2 aromatic rings. The molecule has 0 radical (unpaired) electrons. The average molecular weight is 245 g/mol. The van der Waals surface area contributed by atoms with Gasteiger partial charge in [0.15, 0.2) is 0 Å². The lowest BCUT2D eigenvalue weighted by Crippen LogP contribution is -2.09. The van der Waals surface area contributed by atoms with Crippen molar-refractivity contribution in [2.75, 3.05) is 5.32 Å². The summed E-state index contributed by atoms with van der Waals surface area (Å²) in [5.74, 6) is 1.47. The zero-order valence-corrected chi connectivity index (χ0v) is 11.3. The Morgan fingerprint density at radius 2 is 2.17 bits per heavy atom. The van der Waals surface area contributed by atoms with Crippen molar-refractivity contribution < 1.29 is 4.79 Å². The molecule has 0 fully saturated rings. The number of fused-ring (bicyclic) bond motifs is 1. The van der Waals surface area contributed by atoms with Gasteiger partial charge in [0.25, 0.3) is 0 Å². The zero-order valence-electron chi connectivity index (χ0n) is 11.3. The van der Waals surface area contributed by atoms with Crippen LogP contribution in [0.5, 0.6) is 0 Å². The van der Waals surface area contributed by atoms with Crippen LogP contribution in [0.2, 0.25) is 0 Å². The minimum absolute atomic E-state index is 0.0226. The summed E-state index contributed by atoms with van der Waals surface area (Å²) < 4.78 is 2.10. The van der Waals surface area contributed by atoms with E-state index in [0.29, 0.717) is 12.3 Å². The molecule has 0 aliphatic rings. The zero-order chi connectivity index (χ0) is 13.3.